The lowest BCUT2D eigenvalue weighted by molar-refractivity contribution is -0.156. The van der Waals surface area contributed by atoms with E-state index >= 15 is 0 Å². The fraction of sp³-hybridized carbons (Fsp3) is 0.909. The molecule has 0 bridgehead atoms. The standard InChI is InChI=1S/C11H21NO4/c1-5-16-11(14)10(13)8-6-9(15-4)7(2)12(8)3/h7-10,13H,5-6H2,1-4H3/t7-,8-,9-,10-/m0/s1. The highest BCUT2D eigenvalue weighted by molar-refractivity contribution is 5.75. The molecule has 0 aliphatic carbocycles. The minimum Gasteiger partial charge on any atom is -0.464 e. The van der Waals surface area contributed by atoms with Gasteiger partial charge in [0.05, 0.1) is 12.7 Å². The van der Waals surface area contributed by atoms with Gasteiger partial charge in [-0.3, -0.25) is 4.90 Å². The van der Waals surface area contributed by atoms with Crippen molar-refractivity contribution in [3.63, 3.8) is 0 Å². The van der Waals surface area contributed by atoms with Crippen LogP contribution in [0.15, 0.2) is 0 Å². The number of carbonyl (C=O) groups is 1. The van der Waals surface area contributed by atoms with Crippen LogP contribution in [0.5, 0.6) is 0 Å². The Morgan fingerprint density at radius 3 is 2.69 bits per heavy atom. The molecule has 94 valence electrons. The maximum absolute atomic E-state index is 11.4. The third kappa shape index (κ3) is 2.53. The summed E-state index contributed by atoms with van der Waals surface area (Å²) in [5.41, 5.74) is 0. The van der Waals surface area contributed by atoms with E-state index in [0.29, 0.717) is 6.42 Å². The molecule has 1 aliphatic rings. The highest BCUT2D eigenvalue weighted by Gasteiger charge is 2.42. The summed E-state index contributed by atoms with van der Waals surface area (Å²) in [6, 6.07) is -0.0296. The summed E-state index contributed by atoms with van der Waals surface area (Å²) in [4.78, 5) is 13.4. The molecule has 1 aliphatic heterocycles. The molecule has 16 heavy (non-hydrogen) atoms. The second-order valence-electron chi connectivity index (χ2n) is 4.18. The van der Waals surface area contributed by atoms with Crippen LogP contribution < -0.4 is 0 Å². The van der Waals surface area contributed by atoms with Crippen LogP contribution in [0.3, 0.4) is 0 Å². The summed E-state index contributed by atoms with van der Waals surface area (Å²) in [7, 11) is 3.53. The number of ether oxygens (including phenoxy) is 2. The molecule has 5 nitrogen and oxygen atoms in total. The van der Waals surface area contributed by atoms with Gasteiger partial charge < -0.3 is 14.6 Å². The quantitative estimate of drug-likeness (QED) is 0.691. The van der Waals surface area contributed by atoms with Crippen LogP contribution in [0.1, 0.15) is 20.3 Å². The summed E-state index contributed by atoms with van der Waals surface area (Å²) in [5, 5.41) is 9.88. The van der Waals surface area contributed by atoms with Crippen LogP contribution in [-0.2, 0) is 14.3 Å². The molecule has 0 aromatic carbocycles. The molecule has 1 heterocycles. The van der Waals surface area contributed by atoms with Crippen molar-refractivity contribution in [1.82, 2.24) is 4.90 Å². The predicted molar refractivity (Wildman–Crippen MR) is 59.1 cm³/mol. The Morgan fingerprint density at radius 1 is 1.62 bits per heavy atom. The molecule has 0 aromatic rings. The maximum atomic E-state index is 11.4. The van der Waals surface area contributed by atoms with Gasteiger partial charge in [-0.15, -0.1) is 0 Å². The number of hydrogen-bond acceptors (Lipinski definition) is 5. The Morgan fingerprint density at radius 2 is 2.25 bits per heavy atom. The van der Waals surface area contributed by atoms with Crippen molar-refractivity contribution in [3.8, 4) is 0 Å². The summed E-state index contributed by atoms with van der Waals surface area (Å²) in [6.07, 6.45) is -0.389. The Kier molecular flexibility index (Phi) is 4.70. The molecule has 0 radical (unpaired) electrons. The van der Waals surface area contributed by atoms with E-state index in [2.05, 4.69) is 0 Å². The summed E-state index contributed by atoms with van der Waals surface area (Å²) >= 11 is 0. The molecule has 1 saturated heterocycles. The van der Waals surface area contributed by atoms with E-state index in [1.165, 1.54) is 0 Å². The fourth-order valence-electron chi connectivity index (χ4n) is 2.20. The van der Waals surface area contributed by atoms with E-state index in [-0.39, 0.29) is 24.8 Å². The minimum atomic E-state index is -1.09. The highest BCUT2D eigenvalue weighted by atomic mass is 16.5. The van der Waals surface area contributed by atoms with E-state index in [1.807, 2.05) is 18.9 Å². The number of rotatable bonds is 4. The number of methoxy groups -OCH3 is 1. The third-order valence-corrected chi connectivity index (χ3v) is 3.37. The number of esters is 1. The normalized spacial score (nSPS) is 32.7. The van der Waals surface area contributed by atoms with Gasteiger partial charge >= 0.3 is 5.97 Å². The molecule has 0 aromatic heterocycles. The molecule has 1 fully saturated rings. The van der Waals surface area contributed by atoms with Crippen molar-refractivity contribution in [2.45, 2.75) is 44.6 Å². The third-order valence-electron chi connectivity index (χ3n) is 3.37. The Labute approximate surface area is 96.3 Å². The first-order valence-corrected chi connectivity index (χ1v) is 5.62. The van der Waals surface area contributed by atoms with Gasteiger partial charge in [0.15, 0.2) is 6.10 Å². The topological polar surface area (TPSA) is 59.0 Å². The first kappa shape index (κ1) is 13.4. The number of carbonyl (C=O) groups excluding carboxylic acids is 1. The molecule has 0 unspecified atom stereocenters. The first-order chi connectivity index (χ1) is 7.52. The van der Waals surface area contributed by atoms with Crippen molar-refractivity contribution in [1.29, 1.82) is 0 Å². The molecule has 4 atom stereocenters. The summed E-state index contributed by atoms with van der Waals surface area (Å²) in [6.45, 7) is 4.03. The van der Waals surface area contributed by atoms with Crippen molar-refractivity contribution in [2.75, 3.05) is 20.8 Å². The second-order valence-corrected chi connectivity index (χ2v) is 4.18. The Bertz CT molecular complexity index is 246. The van der Waals surface area contributed by atoms with Crippen LogP contribution in [-0.4, -0.2) is 61.0 Å². The molecule has 1 rings (SSSR count). The largest absolute Gasteiger partial charge is 0.464 e. The van der Waals surface area contributed by atoms with Gasteiger partial charge in [-0.25, -0.2) is 4.79 Å². The number of hydrogen-bond donors (Lipinski definition) is 1. The lowest BCUT2D eigenvalue weighted by Crippen LogP contribution is -2.44. The fourth-order valence-corrected chi connectivity index (χ4v) is 2.20. The predicted octanol–water partition coefficient (Wildman–Crippen LogP) is 0.0180. The first-order valence-electron chi connectivity index (χ1n) is 5.62. The van der Waals surface area contributed by atoms with E-state index in [4.69, 9.17) is 9.47 Å². The molecular formula is C11H21NO4. The van der Waals surface area contributed by atoms with Gasteiger partial charge in [0.2, 0.25) is 0 Å². The van der Waals surface area contributed by atoms with Gasteiger partial charge in [0.1, 0.15) is 0 Å². The smallest absolute Gasteiger partial charge is 0.336 e. The lowest BCUT2D eigenvalue weighted by Gasteiger charge is -2.26. The number of likely N-dealkylation sites (N-methyl/N-ethyl adjacent to an activating group) is 1. The Balaban J connectivity index is 2.64. The van der Waals surface area contributed by atoms with E-state index in [0.717, 1.165) is 0 Å². The molecule has 0 spiro atoms. The minimum absolute atomic E-state index is 0.0547. The van der Waals surface area contributed by atoms with Gasteiger partial charge in [0.25, 0.3) is 0 Å². The zero-order valence-corrected chi connectivity index (χ0v) is 10.3. The molecular weight excluding hydrogens is 210 g/mol. The van der Waals surface area contributed by atoms with E-state index < -0.39 is 12.1 Å². The van der Waals surface area contributed by atoms with Crippen LogP contribution in [0, 0.1) is 0 Å². The van der Waals surface area contributed by atoms with Gasteiger partial charge in [0, 0.05) is 19.2 Å². The Hall–Kier alpha value is -0.650. The second kappa shape index (κ2) is 5.61. The summed E-state index contributed by atoms with van der Waals surface area (Å²) < 4.78 is 10.1. The maximum Gasteiger partial charge on any atom is 0.336 e. The SMILES string of the molecule is CCOC(=O)[C@@H](O)[C@@H]1C[C@H](OC)[C@H](C)N1C. The van der Waals surface area contributed by atoms with Crippen molar-refractivity contribution < 1.29 is 19.4 Å². The van der Waals surface area contributed by atoms with Crippen molar-refractivity contribution >= 4 is 5.97 Å². The highest BCUT2D eigenvalue weighted by Crippen LogP contribution is 2.27. The number of nitrogens with zero attached hydrogens (tertiary/aromatic N) is 1. The van der Waals surface area contributed by atoms with E-state index in [1.54, 1.807) is 14.0 Å². The molecule has 0 saturated carbocycles. The van der Waals surface area contributed by atoms with Gasteiger partial charge in [-0.1, -0.05) is 0 Å². The van der Waals surface area contributed by atoms with Crippen LogP contribution in [0.2, 0.25) is 0 Å². The van der Waals surface area contributed by atoms with Crippen molar-refractivity contribution in [2.24, 2.45) is 0 Å². The molecule has 1 N–H and O–H groups in total. The van der Waals surface area contributed by atoms with Crippen LogP contribution >= 0.6 is 0 Å². The van der Waals surface area contributed by atoms with Crippen LogP contribution in [0.4, 0.5) is 0 Å². The number of likely N-dealkylation sites (tertiary alicyclic amines) is 1. The average molecular weight is 231 g/mol. The monoisotopic (exact) mass is 231 g/mol. The molecule has 0 amide bonds. The van der Waals surface area contributed by atoms with Crippen LogP contribution in [0.25, 0.3) is 0 Å². The lowest BCUT2D eigenvalue weighted by atomic mass is 10.1. The number of aliphatic hydroxyl groups is 1. The zero-order chi connectivity index (χ0) is 12.3. The number of aliphatic hydroxyl groups excluding tert-OH is 1. The van der Waals surface area contributed by atoms with Crippen molar-refractivity contribution in [3.05, 3.63) is 0 Å². The summed E-state index contributed by atoms with van der Waals surface area (Å²) in [5.74, 6) is -0.552. The zero-order valence-electron chi connectivity index (χ0n) is 10.3. The molecule has 5 heteroatoms. The average Bonchev–Trinajstić information content (AvgIpc) is 2.55. The van der Waals surface area contributed by atoms with E-state index in [9.17, 15) is 9.90 Å². The van der Waals surface area contributed by atoms with Gasteiger partial charge in [-0.2, -0.15) is 0 Å². The van der Waals surface area contributed by atoms with Gasteiger partial charge in [-0.05, 0) is 27.3 Å².